The van der Waals surface area contributed by atoms with Gasteiger partial charge in [0.2, 0.25) is 5.91 Å². The second kappa shape index (κ2) is 12.3. The largest absolute Gasteiger partial charge is 0.481 e. The smallest absolute Gasteiger partial charge is 0.305 e. The van der Waals surface area contributed by atoms with Crippen LogP contribution in [-0.4, -0.2) is 57.9 Å². The van der Waals surface area contributed by atoms with Gasteiger partial charge in [-0.25, -0.2) is 8.78 Å². The first-order valence-electron chi connectivity index (χ1n) is 12.4. The van der Waals surface area contributed by atoms with Crippen LogP contribution in [0.5, 0.6) is 0 Å². The van der Waals surface area contributed by atoms with Crippen molar-refractivity contribution >= 4 is 23.7 Å². The number of aryl methyl sites for hydroxylation is 1. The summed E-state index contributed by atoms with van der Waals surface area (Å²) >= 11 is 0. The van der Waals surface area contributed by atoms with Crippen LogP contribution in [0.15, 0.2) is 78.9 Å². The van der Waals surface area contributed by atoms with Gasteiger partial charge in [-0.3, -0.25) is 19.2 Å². The summed E-state index contributed by atoms with van der Waals surface area (Å²) in [6.45, 7) is 0.129. The molecule has 8 nitrogen and oxygen atoms in total. The van der Waals surface area contributed by atoms with E-state index in [2.05, 4.69) is 5.32 Å². The van der Waals surface area contributed by atoms with Crippen LogP contribution in [-0.2, 0) is 20.8 Å². The molecule has 1 aliphatic heterocycles. The molecule has 1 saturated heterocycles. The van der Waals surface area contributed by atoms with Crippen molar-refractivity contribution < 1.29 is 33.1 Å². The third-order valence-corrected chi connectivity index (χ3v) is 6.52. The number of carboxylic acids is 1. The van der Waals surface area contributed by atoms with Crippen LogP contribution in [0.4, 0.5) is 8.78 Å². The lowest BCUT2D eigenvalue weighted by Gasteiger charge is -2.31. The number of nitrogens with zero attached hydrogens (tertiary/aromatic N) is 2. The molecule has 0 aromatic heterocycles. The Kier molecular flexibility index (Phi) is 8.65. The fraction of sp³-hybridized carbons (Fsp3) is 0.241. The van der Waals surface area contributed by atoms with Gasteiger partial charge in [0, 0.05) is 25.1 Å². The third-order valence-electron chi connectivity index (χ3n) is 6.52. The molecule has 3 aromatic rings. The van der Waals surface area contributed by atoms with Gasteiger partial charge in [0.15, 0.2) is 6.17 Å². The summed E-state index contributed by atoms with van der Waals surface area (Å²) in [4.78, 5) is 54.3. The van der Waals surface area contributed by atoms with Crippen LogP contribution in [0.1, 0.15) is 40.4 Å². The Hall–Kier alpha value is -4.60. The van der Waals surface area contributed by atoms with Gasteiger partial charge in [-0.05, 0) is 53.9 Å². The summed E-state index contributed by atoms with van der Waals surface area (Å²) in [5.74, 6) is -3.95. The molecule has 3 aromatic carbocycles. The highest BCUT2D eigenvalue weighted by Gasteiger charge is 2.43. The maximum atomic E-state index is 13.6. The summed E-state index contributed by atoms with van der Waals surface area (Å²) in [7, 11) is 0. The Bertz CT molecular complexity index is 1330. The molecular weight excluding hydrogens is 508 g/mol. The summed E-state index contributed by atoms with van der Waals surface area (Å²) < 4.78 is 26.9. The molecule has 2 unspecified atom stereocenters. The van der Waals surface area contributed by atoms with Crippen LogP contribution in [0, 0.1) is 11.6 Å². The number of aliphatic carboxylic acids is 1. The minimum absolute atomic E-state index is 0.0471. The molecule has 1 aliphatic rings. The van der Waals surface area contributed by atoms with Gasteiger partial charge in [-0.15, -0.1) is 0 Å². The predicted octanol–water partition coefficient (Wildman–Crippen LogP) is 3.54. The van der Waals surface area contributed by atoms with E-state index in [1.807, 2.05) is 30.3 Å². The summed E-state index contributed by atoms with van der Waals surface area (Å²) in [5.41, 5.74) is 1.42. The van der Waals surface area contributed by atoms with Crippen molar-refractivity contribution in [1.82, 2.24) is 15.1 Å². The van der Waals surface area contributed by atoms with Crippen molar-refractivity contribution in [2.75, 3.05) is 13.1 Å². The maximum absolute atomic E-state index is 13.6. The number of carboxylic acid groups (broad SMARTS) is 1. The first kappa shape index (κ1) is 27.4. The molecule has 0 bridgehead atoms. The normalized spacial score (nSPS) is 15.6. The number of carbonyl (C=O) groups excluding carboxylic acids is 3. The highest BCUT2D eigenvalue weighted by atomic mass is 19.1. The van der Waals surface area contributed by atoms with E-state index in [4.69, 9.17) is 0 Å². The number of benzene rings is 3. The Morgan fingerprint density at radius 1 is 0.846 bits per heavy atom. The second-order valence-electron chi connectivity index (χ2n) is 9.16. The van der Waals surface area contributed by atoms with E-state index in [0.29, 0.717) is 12.0 Å². The number of amides is 3. The van der Waals surface area contributed by atoms with Crippen LogP contribution in [0.3, 0.4) is 0 Å². The van der Waals surface area contributed by atoms with Crippen LogP contribution < -0.4 is 5.32 Å². The molecule has 3 amide bonds. The first-order valence-corrected chi connectivity index (χ1v) is 12.4. The molecule has 4 rings (SSSR count). The van der Waals surface area contributed by atoms with Crippen LogP contribution >= 0.6 is 0 Å². The summed E-state index contributed by atoms with van der Waals surface area (Å²) in [5, 5.41) is 12.1. The molecular formula is C29H27F2N3O5. The molecule has 39 heavy (non-hydrogen) atoms. The lowest BCUT2D eigenvalue weighted by molar-refractivity contribution is -0.142. The minimum Gasteiger partial charge on any atom is -0.481 e. The molecule has 0 aliphatic carbocycles. The summed E-state index contributed by atoms with van der Waals surface area (Å²) in [6, 6.07) is 18.1. The van der Waals surface area contributed by atoms with Crippen molar-refractivity contribution in [3.8, 4) is 0 Å². The lowest BCUT2D eigenvalue weighted by atomic mass is 10.0. The second-order valence-corrected chi connectivity index (χ2v) is 9.16. The molecule has 0 saturated carbocycles. The van der Waals surface area contributed by atoms with Gasteiger partial charge in [-0.2, -0.15) is 0 Å². The van der Waals surface area contributed by atoms with Gasteiger partial charge in [0.1, 0.15) is 11.6 Å². The molecule has 2 N–H and O–H groups in total. The van der Waals surface area contributed by atoms with Crippen molar-refractivity contribution in [1.29, 1.82) is 0 Å². The van der Waals surface area contributed by atoms with Crippen LogP contribution in [0.25, 0.3) is 0 Å². The third kappa shape index (κ3) is 6.84. The number of hydrogen-bond donors (Lipinski definition) is 2. The van der Waals surface area contributed by atoms with Gasteiger partial charge < -0.3 is 20.2 Å². The van der Waals surface area contributed by atoms with Gasteiger partial charge in [0.25, 0.3) is 11.8 Å². The number of halogens is 2. The van der Waals surface area contributed by atoms with E-state index in [-0.39, 0.29) is 31.0 Å². The quantitative estimate of drug-likeness (QED) is 0.436. The molecule has 2 atom stereocenters. The van der Waals surface area contributed by atoms with Crippen molar-refractivity contribution in [3.63, 3.8) is 0 Å². The van der Waals surface area contributed by atoms with Crippen molar-refractivity contribution in [3.05, 3.63) is 107 Å². The zero-order valence-electron chi connectivity index (χ0n) is 20.9. The lowest BCUT2D eigenvalue weighted by Crippen LogP contribution is -2.54. The maximum Gasteiger partial charge on any atom is 0.305 e. The number of nitrogens with one attached hydrogen (secondary N) is 1. The average Bonchev–Trinajstić information content (AvgIpc) is 3.38. The fourth-order valence-corrected chi connectivity index (χ4v) is 4.55. The van der Waals surface area contributed by atoms with Gasteiger partial charge in [-0.1, -0.05) is 42.5 Å². The molecule has 0 radical (unpaired) electrons. The Balaban J connectivity index is 1.60. The van der Waals surface area contributed by atoms with Crippen molar-refractivity contribution in [2.45, 2.75) is 31.5 Å². The monoisotopic (exact) mass is 535 g/mol. The van der Waals surface area contributed by atoms with E-state index in [1.165, 1.54) is 34.1 Å². The van der Waals surface area contributed by atoms with E-state index in [0.717, 1.165) is 29.8 Å². The number of hydrogen-bond acceptors (Lipinski definition) is 4. The zero-order chi connectivity index (χ0) is 27.9. The Labute approximate surface area is 223 Å². The molecule has 202 valence electrons. The zero-order valence-corrected chi connectivity index (χ0v) is 20.9. The standard InChI is InChI=1S/C29H27F2N3O5/c30-22-11-7-20(8-12-22)24(18-26(36)37)32-27(38)28-33(25(35)15-6-19-4-2-1-3-5-19)16-17-34(28)29(39)21-9-13-23(31)14-10-21/h1-5,7-14,24,28H,6,15-18H2,(H,32,38)(H,36,37). The van der Waals surface area contributed by atoms with E-state index < -0.39 is 48.0 Å². The van der Waals surface area contributed by atoms with Gasteiger partial charge >= 0.3 is 5.97 Å². The van der Waals surface area contributed by atoms with E-state index >= 15 is 0 Å². The Morgan fingerprint density at radius 3 is 2.05 bits per heavy atom. The highest BCUT2D eigenvalue weighted by molar-refractivity contribution is 5.99. The number of rotatable bonds is 9. The highest BCUT2D eigenvalue weighted by Crippen LogP contribution is 2.23. The average molecular weight is 536 g/mol. The summed E-state index contributed by atoms with van der Waals surface area (Å²) in [6.07, 6.45) is -1.35. The topological polar surface area (TPSA) is 107 Å². The fourth-order valence-electron chi connectivity index (χ4n) is 4.55. The molecule has 0 spiro atoms. The Morgan fingerprint density at radius 2 is 1.44 bits per heavy atom. The predicted molar refractivity (Wildman–Crippen MR) is 137 cm³/mol. The number of carbonyl (C=O) groups is 4. The van der Waals surface area contributed by atoms with Gasteiger partial charge in [0.05, 0.1) is 12.5 Å². The van der Waals surface area contributed by atoms with E-state index in [1.54, 1.807) is 0 Å². The molecule has 1 heterocycles. The SMILES string of the molecule is O=C(O)CC(NC(=O)C1N(C(=O)CCc2ccccc2)CCN1C(=O)c1ccc(F)cc1)c1ccc(F)cc1. The van der Waals surface area contributed by atoms with E-state index in [9.17, 15) is 33.1 Å². The van der Waals surface area contributed by atoms with Crippen molar-refractivity contribution in [2.24, 2.45) is 0 Å². The first-order chi connectivity index (χ1) is 18.7. The molecule has 10 heteroatoms. The van der Waals surface area contributed by atoms with Crippen LogP contribution in [0.2, 0.25) is 0 Å². The minimum atomic E-state index is -1.36. The molecule has 1 fully saturated rings.